The molecular formula is C35H37ClFN3O4S. The summed E-state index contributed by atoms with van der Waals surface area (Å²) in [6.07, 6.45) is 0.116. The Morgan fingerprint density at radius 1 is 0.889 bits per heavy atom. The fraction of sp³-hybridized carbons (Fsp3) is 0.257. The quantitative estimate of drug-likeness (QED) is 0.200. The molecular weight excluding hydrogens is 613 g/mol. The fourth-order valence-corrected chi connectivity index (χ4v) is 6.40. The summed E-state index contributed by atoms with van der Waals surface area (Å²) < 4.78 is 44.1. The van der Waals surface area contributed by atoms with Crippen molar-refractivity contribution in [2.24, 2.45) is 0 Å². The lowest BCUT2D eigenvalue weighted by Gasteiger charge is -2.35. The zero-order valence-corrected chi connectivity index (χ0v) is 27.3. The Hall–Kier alpha value is -4.21. The van der Waals surface area contributed by atoms with Crippen molar-refractivity contribution in [3.05, 3.63) is 131 Å². The van der Waals surface area contributed by atoms with Crippen molar-refractivity contribution in [1.82, 2.24) is 10.2 Å². The Labute approximate surface area is 269 Å². The molecule has 1 N–H and O–H groups in total. The van der Waals surface area contributed by atoms with Crippen LogP contribution in [0.2, 0.25) is 5.02 Å². The molecule has 236 valence electrons. The van der Waals surface area contributed by atoms with Crippen LogP contribution in [0.25, 0.3) is 0 Å². The van der Waals surface area contributed by atoms with Crippen LogP contribution in [0.5, 0.6) is 0 Å². The molecule has 0 fully saturated rings. The van der Waals surface area contributed by atoms with Gasteiger partial charge in [0.2, 0.25) is 11.8 Å². The van der Waals surface area contributed by atoms with E-state index in [0.29, 0.717) is 5.02 Å². The minimum atomic E-state index is -4.27. The highest BCUT2D eigenvalue weighted by Gasteiger charge is 2.36. The number of benzene rings is 4. The van der Waals surface area contributed by atoms with Gasteiger partial charge < -0.3 is 10.2 Å². The second-order valence-corrected chi connectivity index (χ2v) is 14.1. The van der Waals surface area contributed by atoms with Gasteiger partial charge in [0.1, 0.15) is 18.4 Å². The molecule has 0 spiro atoms. The second kappa shape index (κ2) is 14.3. The number of carbonyl (C=O) groups excluding carboxylic acids is 2. The zero-order valence-electron chi connectivity index (χ0n) is 25.7. The number of rotatable bonds is 11. The molecule has 2 amide bonds. The summed E-state index contributed by atoms with van der Waals surface area (Å²) in [7, 11) is -4.27. The smallest absolute Gasteiger partial charge is 0.264 e. The Morgan fingerprint density at radius 3 is 2.09 bits per heavy atom. The summed E-state index contributed by atoms with van der Waals surface area (Å²) in [5, 5.41) is 3.28. The lowest BCUT2D eigenvalue weighted by molar-refractivity contribution is -0.140. The number of sulfonamides is 1. The van der Waals surface area contributed by atoms with Crippen LogP contribution in [0.1, 0.15) is 37.5 Å². The summed E-state index contributed by atoms with van der Waals surface area (Å²) in [5.74, 6) is -1.70. The van der Waals surface area contributed by atoms with E-state index < -0.39 is 45.8 Å². The van der Waals surface area contributed by atoms with E-state index in [1.165, 1.54) is 41.3 Å². The van der Waals surface area contributed by atoms with Gasteiger partial charge in [-0.3, -0.25) is 13.9 Å². The second-order valence-electron chi connectivity index (χ2n) is 11.8. The number of amides is 2. The first-order chi connectivity index (χ1) is 21.3. The highest BCUT2D eigenvalue weighted by molar-refractivity contribution is 7.92. The number of hydrogen-bond acceptors (Lipinski definition) is 4. The van der Waals surface area contributed by atoms with E-state index in [1.54, 1.807) is 43.3 Å². The van der Waals surface area contributed by atoms with E-state index >= 15 is 4.39 Å². The maximum absolute atomic E-state index is 15.0. The van der Waals surface area contributed by atoms with Gasteiger partial charge in [-0.15, -0.1) is 0 Å². The number of anilines is 1. The Balaban J connectivity index is 1.84. The van der Waals surface area contributed by atoms with Crippen molar-refractivity contribution in [2.75, 3.05) is 10.8 Å². The Morgan fingerprint density at radius 2 is 1.49 bits per heavy atom. The van der Waals surface area contributed by atoms with E-state index in [2.05, 4.69) is 5.32 Å². The maximum atomic E-state index is 15.0. The van der Waals surface area contributed by atoms with Crippen LogP contribution >= 0.6 is 11.6 Å². The molecule has 0 saturated carbocycles. The summed E-state index contributed by atoms with van der Waals surface area (Å²) in [6.45, 7) is 6.31. The molecule has 0 unspecified atom stereocenters. The Bertz CT molecular complexity index is 1750. The van der Waals surface area contributed by atoms with Crippen molar-refractivity contribution in [2.45, 2.75) is 57.1 Å². The highest BCUT2D eigenvalue weighted by Crippen LogP contribution is 2.29. The van der Waals surface area contributed by atoms with Crippen LogP contribution in [0.15, 0.2) is 108 Å². The van der Waals surface area contributed by atoms with Gasteiger partial charge in [-0.1, -0.05) is 84.4 Å². The summed E-state index contributed by atoms with van der Waals surface area (Å²) in [4.78, 5) is 29.6. The van der Waals surface area contributed by atoms with Crippen molar-refractivity contribution in [1.29, 1.82) is 0 Å². The lowest BCUT2D eigenvalue weighted by atomic mass is 10.0. The van der Waals surface area contributed by atoms with Gasteiger partial charge in [0.25, 0.3) is 10.0 Å². The van der Waals surface area contributed by atoms with Crippen LogP contribution < -0.4 is 9.62 Å². The average molecular weight is 650 g/mol. The van der Waals surface area contributed by atoms with Gasteiger partial charge in [-0.05, 0) is 69.2 Å². The topological polar surface area (TPSA) is 86.8 Å². The first-order valence-electron chi connectivity index (χ1n) is 14.5. The number of carbonyl (C=O) groups is 2. The van der Waals surface area contributed by atoms with E-state index in [-0.39, 0.29) is 29.1 Å². The maximum Gasteiger partial charge on any atom is 0.264 e. The molecule has 4 rings (SSSR count). The van der Waals surface area contributed by atoms with E-state index in [1.807, 2.05) is 51.1 Å². The standard InChI is InChI=1S/C35H37ClFN3O4S/c1-25-19-20-28(22-30(25)36)40(45(43,44)29-16-9-6-10-17-29)24-33(41)39(23-27-15-11-12-18-31(27)37)32(34(42)38-35(2,3)4)21-26-13-7-5-8-14-26/h5-20,22,32H,21,23-24H2,1-4H3,(H,38,42)/t32-/m1/s1. The SMILES string of the molecule is Cc1ccc(N(CC(=O)N(Cc2ccccc2F)[C@H](Cc2ccccc2)C(=O)NC(C)(C)C)S(=O)(=O)c2ccccc2)cc1Cl. The lowest BCUT2D eigenvalue weighted by Crippen LogP contribution is -2.56. The normalized spacial score (nSPS) is 12.3. The van der Waals surface area contributed by atoms with Crippen LogP contribution in [0.3, 0.4) is 0 Å². The van der Waals surface area contributed by atoms with E-state index in [0.717, 1.165) is 15.4 Å². The van der Waals surface area contributed by atoms with Crippen molar-refractivity contribution < 1.29 is 22.4 Å². The van der Waals surface area contributed by atoms with Crippen LogP contribution in [0, 0.1) is 12.7 Å². The average Bonchev–Trinajstić information content (AvgIpc) is 3.00. The fourth-order valence-electron chi connectivity index (χ4n) is 4.80. The van der Waals surface area contributed by atoms with Crippen molar-refractivity contribution in [3.8, 4) is 0 Å². The minimum absolute atomic E-state index is 0.0264. The molecule has 0 heterocycles. The Kier molecular flexibility index (Phi) is 10.7. The highest BCUT2D eigenvalue weighted by atomic mass is 35.5. The third-order valence-electron chi connectivity index (χ3n) is 7.12. The zero-order chi connectivity index (χ0) is 32.8. The molecule has 0 aliphatic carbocycles. The summed E-state index contributed by atoms with van der Waals surface area (Å²) in [5.41, 5.74) is 1.22. The number of hydrogen-bond donors (Lipinski definition) is 1. The molecule has 0 aliphatic heterocycles. The largest absolute Gasteiger partial charge is 0.350 e. The molecule has 0 bridgehead atoms. The third-order valence-corrected chi connectivity index (χ3v) is 9.32. The van der Waals surface area contributed by atoms with Gasteiger partial charge in [-0.25, -0.2) is 12.8 Å². The first-order valence-corrected chi connectivity index (χ1v) is 16.3. The monoisotopic (exact) mass is 649 g/mol. The van der Waals surface area contributed by atoms with Gasteiger partial charge >= 0.3 is 0 Å². The predicted octanol–water partition coefficient (Wildman–Crippen LogP) is 6.54. The molecule has 1 atom stereocenters. The molecule has 7 nitrogen and oxygen atoms in total. The van der Waals surface area contributed by atoms with Crippen molar-refractivity contribution >= 4 is 39.1 Å². The van der Waals surface area contributed by atoms with Crippen molar-refractivity contribution in [3.63, 3.8) is 0 Å². The van der Waals surface area contributed by atoms with Crippen LogP contribution in [-0.4, -0.2) is 43.3 Å². The van der Waals surface area contributed by atoms with Gasteiger partial charge in [0.15, 0.2) is 0 Å². The van der Waals surface area contributed by atoms with E-state index in [4.69, 9.17) is 11.6 Å². The van der Waals surface area contributed by atoms with Crippen LogP contribution in [-0.2, 0) is 32.6 Å². The third kappa shape index (κ3) is 8.71. The van der Waals surface area contributed by atoms with Gasteiger partial charge in [0, 0.05) is 29.1 Å². The molecule has 4 aromatic rings. The van der Waals surface area contributed by atoms with Gasteiger partial charge in [0.05, 0.1) is 10.6 Å². The molecule has 4 aromatic carbocycles. The number of aryl methyl sites for hydroxylation is 1. The predicted molar refractivity (Wildman–Crippen MR) is 176 cm³/mol. The molecule has 0 radical (unpaired) electrons. The van der Waals surface area contributed by atoms with Crippen LogP contribution in [0.4, 0.5) is 10.1 Å². The minimum Gasteiger partial charge on any atom is -0.350 e. The summed E-state index contributed by atoms with van der Waals surface area (Å²) >= 11 is 6.41. The van der Waals surface area contributed by atoms with E-state index in [9.17, 15) is 18.0 Å². The van der Waals surface area contributed by atoms with Gasteiger partial charge in [-0.2, -0.15) is 0 Å². The molecule has 0 aromatic heterocycles. The first kappa shape index (κ1) is 33.7. The number of nitrogens with one attached hydrogen (secondary N) is 1. The number of halogens is 2. The summed E-state index contributed by atoms with van der Waals surface area (Å²) in [6, 6.07) is 26.5. The molecule has 10 heteroatoms. The molecule has 0 aliphatic rings. The number of nitrogens with zero attached hydrogens (tertiary/aromatic N) is 2. The molecule has 0 saturated heterocycles. The molecule has 45 heavy (non-hydrogen) atoms.